The predicted octanol–water partition coefficient (Wildman–Crippen LogP) is 0.0546. The minimum Gasteiger partial charge on any atom is -0.349 e. The number of carbonyl (C=O) groups is 2. The van der Waals surface area contributed by atoms with Gasteiger partial charge in [-0.25, -0.2) is 0 Å². The molecular weight excluding hydrogens is 150 g/mol. The van der Waals surface area contributed by atoms with E-state index in [-0.39, 0.29) is 0 Å². The summed E-state index contributed by atoms with van der Waals surface area (Å²) in [5.41, 5.74) is 0. The zero-order valence-corrected chi connectivity index (χ0v) is 6.96. The van der Waals surface area contributed by atoms with E-state index in [2.05, 4.69) is 5.32 Å². The van der Waals surface area contributed by atoms with Gasteiger partial charge in [-0.05, 0) is 6.26 Å². The van der Waals surface area contributed by atoms with Gasteiger partial charge in [-0.1, -0.05) is 0 Å². The Morgan fingerprint density at radius 1 is 1.50 bits per heavy atom. The van der Waals surface area contributed by atoms with E-state index in [0.29, 0.717) is 6.54 Å². The molecule has 0 aromatic carbocycles. The zero-order chi connectivity index (χ0) is 7.98. The number of ketones is 1. The molecule has 0 aliphatic carbocycles. The Balaban J connectivity index is 3.31. The third kappa shape index (κ3) is 4.38. The van der Waals surface area contributed by atoms with Crippen molar-refractivity contribution in [2.24, 2.45) is 0 Å². The maximum absolute atomic E-state index is 10.5. The summed E-state index contributed by atoms with van der Waals surface area (Å²) in [6.07, 6.45) is 1.94. The van der Waals surface area contributed by atoms with Gasteiger partial charge in [0.2, 0.25) is 5.78 Å². The third-order valence-electron chi connectivity index (χ3n) is 0.912. The SMILES string of the molecule is CSCCNC(=O)C(C)=O. The molecule has 0 fully saturated rings. The summed E-state index contributed by atoms with van der Waals surface area (Å²) in [4.78, 5) is 20.9. The lowest BCUT2D eigenvalue weighted by Crippen LogP contribution is -2.30. The number of hydrogen-bond donors (Lipinski definition) is 1. The van der Waals surface area contributed by atoms with E-state index >= 15 is 0 Å². The molecule has 3 nitrogen and oxygen atoms in total. The van der Waals surface area contributed by atoms with Crippen LogP contribution in [0.1, 0.15) is 6.92 Å². The van der Waals surface area contributed by atoms with Gasteiger partial charge in [-0.15, -0.1) is 0 Å². The number of nitrogens with one attached hydrogen (secondary N) is 1. The molecule has 4 heteroatoms. The number of thioether (sulfide) groups is 1. The van der Waals surface area contributed by atoms with Crippen molar-refractivity contribution >= 4 is 23.5 Å². The highest BCUT2D eigenvalue weighted by molar-refractivity contribution is 7.98. The lowest BCUT2D eigenvalue weighted by Gasteiger charge is -1.98. The van der Waals surface area contributed by atoms with Gasteiger partial charge in [0.25, 0.3) is 5.91 Å². The molecule has 0 aliphatic heterocycles. The quantitative estimate of drug-likeness (QED) is 0.468. The summed E-state index contributed by atoms with van der Waals surface area (Å²) in [5, 5.41) is 2.47. The highest BCUT2D eigenvalue weighted by Gasteiger charge is 2.03. The fraction of sp³-hybridized carbons (Fsp3) is 0.667. The average molecular weight is 161 g/mol. The maximum Gasteiger partial charge on any atom is 0.287 e. The van der Waals surface area contributed by atoms with Crippen LogP contribution in [0, 0.1) is 0 Å². The van der Waals surface area contributed by atoms with Crippen LogP contribution in [-0.4, -0.2) is 30.2 Å². The fourth-order valence-electron chi connectivity index (χ4n) is 0.391. The molecule has 0 atom stereocenters. The van der Waals surface area contributed by atoms with Crippen LogP contribution in [0.15, 0.2) is 0 Å². The minimum absolute atomic E-state index is 0.430. The fourth-order valence-corrected chi connectivity index (χ4v) is 0.697. The Kier molecular flexibility index (Phi) is 5.02. The van der Waals surface area contributed by atoms with Crippen LogP contribution in [-0.2, 0) is 9.59 Å². The van der Waals surface area contributed by atoms with E-state index in [4.69, 9.17) is 0 Å². The van der Waals surface area contributed by atoms with E-state index in [9.17, 15) is 9.59 Å². The highest BCUT2D eigenvalue weighted by Crippen LogP contribution is 1.86. The van der Waals surface area contributed by atoms with Crippen molar-refractivity contribution in [1.82, 2.24) is 5.32 Å². The molecule has 10 heavy (non-hydrogen) atoms. The minimum atomic E-state index is -0.492. The first-order chi connectivity index (χ1) is 4.68. The van der Waals surface area contributed by atoms with Crippen LogP contribution in [0.3, 0.4) is 0 Å². The molecular formula is C6H11NO2S. The molecule has 0 saturated carbocycles. The van der Waals surface area contributed by atoms with E-state index in [1.807, 2.05) is 6.26 Å². The van der Waals surface area contributed by atoms with Crippen molar-refractivity contribution in [3.63, 3.8) is 0 Å². The van der Waals surface area contributed by atoms with E-state index in [1.54, 1.807) is 11.8 Å². The van der Waals surface area contributed by atoms with Crippen LogP contribution in [0.5, 0.6) is 0 Å². The molecule has 0 aromatic heterocycles. The van der Waals surface area contributed by atoms with Crippen molar-refractivity contribution in [2.75, 3.05) is 18.6 Å². The van der Waals surface area contributed by atoms with Gasteiger partial charge in [-0.3, -0.25) is 9.59 Å². The van der Waals surface area contributed by atoms with Gasteiger partial charge in [0.15, 0.2) is 0 Å². The lowest BCUT2D eigenvalue weighted by atomic mass is 10.4. The lowest BCUT2D eigenvalue weighted by molar-refractivity contribution is -0.136. The first-order valence-electron chi connectivity index (χ1n) is 2.96. The summed E-state index contributed by atoms with van der Waals surface area (Å²) in [7, 11) is 0. The largest absolute Gasteiger partial charge is 0.349 e. The Bertz CT molecular complexity index is 136. The summed E-state index contributed by atoms with van der Waals surface area (Å²) in [6, 6.07) is 0. The Morgan fingerprint density at radius 2 is 2.10 bits per heavy atom. The van der Waals surface area contributed by atoms with Crippen LogP contribution in [0.2, 0.25) is 0 Å². The van der Waals surface area contributed by atoms with Crippen molar-refractivity contribution < 1.29 is 9.59 Å². The van der Waals surface area contributed by atoms with Gasteiger partial charge in [-0.2, -0.15) is 11.8 Å². The predicted molar refractivity (Wildman–Crippen MR) is 42.1 cm³/mol. The standard InChI is InChI=1S/C6H11NO2S/c1-5(8)6(9)7-3-4-10-2/h3-4H2,1-2H3,(H,7,9). The molecule has 0 saturated heterocycles. The molecule has 0 spiro atoms. The summed E-state index contributed by atoms with van der Waals surface area (Å²) in [6.45, 7) is 1.83. The van der Waals surface area contributed by atoms with Gasteiger partial charge in [0, 0.05) is 19.2 Å². The molecule has 0 rings (SSSR count). The van der Waals surface area contributed by atoms with Gasteiger partial charge in [0.1, 0.15) is 0 Å². The molecule has 0 unspecified atom stereocenters. The molecule has 0 aliphatic rings. The van der Waals surface area contributed by atoms with Crippen LogP contribution in [0.25, 0.3) is 0 Å². The summed E-state index contributed by atoms with van der Waals surface area (Å²) in [5.74, 6) is -0.0749. The molecule has 58 valence electrons. The van der Waals surface area contributed by atoms with Crippen molar-refractivity contribution in [2.45, 2.75) is 6.92 Å². The highest BCUT2D eigenvalue weighted by atomic mass is 32.2. The second-order valence-electron chi connectivity index (χ2n) is 1.80. The van der Waals surface area contributed by atoms with Crippen molar-refractivity contribution in [1.29, 1.82) is 0 Å². The van der Waals surface area contributed by atoms with Crippen LogP contribution < -0.4 is 5.32 Å². The molecule has 1 N–H and O–H groups in total. The van der Waals surface area contributed by atoms with Crippen molar-refractivity contribution in [3.8, 4) is 0 Å². The second-order valence-corrected chi connectivity index (χ2v) is 2.79. The van der Waals surface area contributed by atoms with E-state index in [0.717, 1.165) is 5.75 Å². The number of Topliss-reactive ketones (excluding diaryl/α,β-unsaturated/α-hetero) is 1. The maximum atomic E-state index is 10.5. The van der Waals surface area contributed by atoms with Gasteiger partial charge in [0.05, 0.1) is 0 Å². The number of amides is 1. The topological polar surface area (TPSA) is 46.2 Å². The average Bonchev–Trinajstić information content (AvgIpc) is 1.88. The number of carbonyl (C=O) groups excluding carboxylic acids is 2. The first kappa shape index (κ1) is 9.49. The van der Waals surface area contributed by atoms with Crippen LogP contribution in [0.4, 0.5) is 0 Å². The smallest absolute Gasteiger partial charge is 0.287 e. The van der Waals surface area contributed by atoms with Gasteiger partial charge < -0.3 is 5.32 Å². The summed E-state index contributed by atoms with van der Waals surface area (Å²) >= 11 is 1.63. The Morgan fingerprint density at radius 3 is 2.50 bits per heavy atom. The number of hydrogen-bond acceptors (Lipinski definition) is 3. The third-order valence-corrected chi connectivity index (χ3v) is 1.52. The normalized spacial score (nSPS) is 9.00. The van der Waals surface area contributed by atoms with Crippen molar-refractivity contribution in [3.05, 3.63) is 0 Å². The molecule has 0 radical (unpaired) electrons. The van der Waals surface area contributed by atoms with Gasteiger partial charge >= 0.3 is 0 Å². The monoisotopic (exact) mass is 161 g/mol. The molecule has 0 bridgehead atoms. The second kappa shape index (κ2) is 5.29. The molecule has 0 aromatic rings. The number of rotatable bonds is 4. The van der Waals surface area contributed by atoms with E-state index in [1.165, 1.54) is 6.92 Å². The Labute approximate surface area is 64.6 Å². The summed E-state index contributed by atoms with van der Waals surface area (Å²) < 4.78 is 0. The Hall–Kier alpha value is -0.510. The molecule has 1 amide bonds. The van der Waals surface area contributed by atoms with Crippen LogP contribution >= 0.6 is 11.8 Å². The molecule has 0 heterocycles. The first-order valence-corrected chi connectivity index (χ1v) is 4.35. The van der Waals surface area contributed by atoms with E-state index < -0.39 is 11.7 Å². The zero-order valence-electron chi connectivity index (χ0n) is 6.14.